The molecular formula is C33H31FN4O3. The van der Waals surface area contributed by atoms with Gasteiger partial charge in [-0.15, -0.1) is 0 Å². The second-order valence-electron chi connectivity index (χ2n) is 10.3. The van der Waals surface area contributed by atoms with Gasteiger partial charge in [-0.1, -0.05) is 48.5 Å². The molecule has 2 atom stereocenters. The van der Waals surface area contributed by atoms with Crippen LogP contribution >= 0.6 is 0 Å². The third kappa shape index (κ3) is 5.25. The molecule has 6 rings (SSSR count). The van der Waals surface area contributed by atoms with Crippen molar-refractivity contribution in [2.75, 3.05) is 38.2 Å². The van der Waals surface area contributed by atoms with E-state index in [1.165, 1.54) is 12.1 Å². The number of benzene rings is 3. The van der Waals surface area contributed by atoms with Gasteiger partial charge in [-0.25, -0.2) is 9.37 Å². The molecule has 0 spiro atoms. The van der Waals surface area contributed by atoms with Crippen molar-refractivity contribution in [1.82, 2.24) is 14.8 Å². The Morgan fingerprint density at radius 3 is 2.29 bits per heavy atom. The summed E-state index contributed by atoms with van der Waals surface area (Å²) in [6.07, 6.45) is 1.78. The maximum atomic E-state index is 14.5. The minimum atomic E-state index is -0.612. The fourth-order valence-electron chi connectivity index (χ4n) is 5.89. The summed E-state index contributed by atoms with van der Waals surface area (Å²) in [5, 5.41) is 0. The Kier molecular flexibility index (Phi) is 7.37. The molecular weight excluding hydrogens is 519 g/mol. The van der Waals surface area contributed by atoms with Crippen LogP contribution in [0.15, 0.2) is 97.2 Å². The van der Waals surface area contributed by atoms with Crippen LogP contribution in [0.2, 0.25) is 0 Å². The number of fused-ring (bicyclic) bond motifs is 1. The molecule has 1 saturated heterocycles. The molecule has 8 heteroatoms. The standard InChI is InChI=1S/C33H31FN4O3/c1-41-26-15-11-24(12-16-26)31-30(33(40)37-20-18-36(19-21-37)29-8-4-5-17-35-29)27-6-2-3-7-28(27)32(39)38(31)22-23-9-13-25(34)14-10-23/h2-17,30-31H,18-22H2,1H3/t30-,31-/m1/s1. The van der Waals surface area contributed by atoms with Crippen LogP contribution in [-0.2, 0) is 11.3 Å². The number of carbonyl (C=O) groups is 2. The Balaban J connectivity index is 1.38. The van der Waals surface area contributed by atoms with Gasteiger partial charge in [0.15, 0.2) is 0 Å². The van der Waals surface area contributed by atoms with Gasteiger partial charge in [-0.2, -0.15) is 0 Å². The lowest BCUT2D eigenvalue weighted by Gasteiger charge is -2.44. The number of hydrogen-bond donors (Lipinski definition) is 0. The third-order valence-electron chi connectivity index (χ3n) is 7.99. The Morgan fingerprint density at radius 1 is 0.902 bits per heavy atom. The highest BCUT2D eigenvalue weighted by atomic mass is 19.1. The number of amides is 2. The number of ether oxygens (including phenoxy) is 1. The minimum Gasteiger partial charge on any atom is -0.497 e. The zero-order valence-electron chi connectivity index (χ0n) is 22.8. The summed E-state index contributed by atoms with van der Waals surface area (Å²) in [6, 6.07) is 26.4. The van der Waals surface area contributed by atoms with E-state index in [1.54, 1.807) is 36.4 Å². The van der Waals surface area contributed by atoms with Crippen molar-refractivity contribution >= 4 is 17.6 Å². The van der Waals surface area contributed by atoms with Gasteiger partial charge in [0.05, 0.1) is 19.1 Å². The summed E-state index contributed by atoms with van der Waals surface area (Å²) in [5.74, 6) is 0.461. The quantitative estimate of drug-likeness (QED) is 0.336. The van der Waals surface area contributed by atoms with Crippen LogP contribution in [0.4, 0.5) is 10.2 Å². The van der Waals surface area contributed by atoms with Gasteiger partial charge in [-0.3, -0.25) is 9.59 Å². The largest absolute Gasteiger partial charge is 0.497 e. The van der Waals surface area contributed by atoms with Gasteiger partial charge < -0.3 is 19.4 Å². The first kappa shape index (κ1) is 26.5. The zero-order valence-corrected chi connectivity index (χ0v) is 22.8. The van der Waals surface area contributed by atoms with Crippen LogP contribution in [0.3, 0.4) is 0 Å². The van der Waals surface area contributed by atoms with E-state index in [0.29, 0.717) is 37.5 Å². The number of aromatic nitrogens is 1. The summed E-state index contributed by atoms with van der Waals surface area (Å²) in [4.78, 5) is 38.8. The van der Waals surface area contributed by atoms with Gasteiger partial charge in [-0.05, 0) is 59.2 Å². The van der Waals surface area contributed by atoms with E-state index in [0.717, 1.165) is 22.5 Å². The zero-order chi connectivity index (χ0) is 28.3. The first-order chi connectivity index (χ1) is 20.0. The SMILES string of the molecule is COc1ccc([C@@H]2[C@H](C(=O)N3CCN(c4ccccn4)CC3)c3ccccc3C(=O)N2Cc2ccc(F)cc2)cc1. The number of rotatable bonds is 6. The molecule has 2 aliphatic heterocycles. The molecule has 0 radical (unpaired) electrons. The summed E-state index contributed by atoms with van der Waals surface area (Å²) < 4.78 is 19.1. The predicted octanol–water partition coefficient (Wildman–Crippen LogP) is 5.06. The summed E-state index contributed by atoms with van der Waals surface area (Å²) in [5.41, 5.74) is 2.87. The van der Waals surface area contributed by atoms with Gasteiger partial charge in [0.25, 0.3) is 5.91 Å². The smallest absolute Gasteiger partial charge is 0.255 e. The fraction of sp³-hybridized carbons (Fsp3) is 0.242. The maximum absolute atomic E-state index is 14.5. The number of anilines is 1. The number of methoxy groups -OCH3 is 1. The van der Waals surface area contributed by atoms with Crippen molar-refractivity contribution in [2.45, 2.75) is 18.5 Å². The fourth-order valence-corrected chi connectivity index (χ4v) is 5.89. The maximum Gasteiger partial charge on any atom is 0.255 e. The van der Waals surface area contributed by atoms with E-state index in [2.05, 4.69) is 9.88 Å². The van der Waals surface area contributed by atoms with Crippen LogP contribution in [-0.4, -0.2) is 59.9 Å². The molecule has 0 saturated carbocycles. The number of pyridine rings is 1. The number of hydrogen-bond acceptors (Lipinski definition) is 5. The highest BCUT2D eigenvalue weighted by Gasteiger charge is 2.45. The molecule has 0 N–H and O–H groups in total. The monoisotopic (exact) mass is 550 g/mol. The molecule has 0 bridgehead atoms. The lowest BCUT2D eigenvalue weighted by Crippen LogP contribution is -2.53. The number of nitrogens with zero attached hydrogens (tertiary/aromatic N) is 4. The third-order valence-corrected chi connectivity index (χ3v) is 7.99. The molecule has 7 nitrogen and oxygen atoms in total. The lowest BCUT2D eigenvalue weighted by molar-refractivity contribution is -0.135. The molecule has 1 aromatic heterocycles. The van der Waals surface area contributed by atoms with Crippen molar-refractivity contribution in [3.8, 4) is 5.75 Å². The molecule has 3 heterocycles. The molecule has 3 aromatic carbocycles. The first-order valence-corrected chi connectivity index (χ1v) is 13.8. The van der Waals surface area contributed by atoms with Crippen molar-refractivity contribution in [3.05, 3.63) is 125 Å². The molecule has 4 aromatic rings. The van der Waals surface area contributed by atoms with Crippen molar-refractivity contribution in [2.24, 2.45) is 0 Å². The van der Waals surface area contributed by atoms with E-state index in [-0.39, 0.29) is 24.2 Å². The average Bonchev–Trinajstić information content (AvgIpc) is 3.03. The van der Waals surface area contributed by atoms with Crippen LogP contribution < -0.4 is 9.64 Å². The van der Waals surface area contributed by atoms with Gasteiger partial charge in [0.1, 0.15) is 17.4 Å². The Morgan fingerprint density at radius 2 is 1.61 bits per heavy atom. The van der Waals surface area contributed by atoms with Crippen LogP contribution in [0.5, 0.6) is 5.75 Å². The number of carbonyl (C=O) groups excluding carboxylic acids is 2. The Hall–Kier alpha value is -4.72. The Bertz CT molecular complexity index is 1520. The molecule has 0 aliphatic carbocycles. The molecule has 208 valence electrons. The van der Waals surface area contributed by atoms with Gasteiger partial charge in [0.2, 0.25) is 5.91 Å². The van der Waals surface area contributed by atoms with Crippen LogP contribution in [0, 0.1) is 5.82 Å². The molecule has 41 heavy (non-hydrogen) atoms. The predicted molar refractivity (Wildman–Crippen MR) is 154 cm³/mol. The normalized spacial score (nSPS) is 18.7. The first-order valence-electron chi connectivity index (χ1n) is 13.8. The highest BCUT2D eigenvalue weighted by Crippen LogP contribution is 2.45. The molecule has 1 fully saturated rings. The summed E-state index contributed by atoms with van der Waals surface area (Å²) >= 11 is 0. The Labute approximate surface area is 238 Å². The number of piperazine rings is 1. The molecule has 0 unspecified atom stereocenters. The van der Waals surface area contributed by atoms with E-state index >= 15 is 0 Å². The van der Waals surface area contributed by atoms with E-state index in [9.17, 15) is 14.0 Å². The highest BCUT2D eigenvalue weighted by molar-refractivity contribution is 6.01. The minimum absolute atomic E-state index is 0.0180. The van der Waals surface area contributed by atoms with Gasteiger partial charge >= 0.3 is 0 Å². The molecule has 2 amide bonds. The topological polar surface area (TPSA) is 66.0 Å². The summed E-state index contributed by atoms with van der Waals surface area (Å²) in [6.45, 7) is 2.68. The molecule has 2 aliphatic rings. The van der Waals surface area contributed by atoms with E-state index < -0.39 is 12.0 Å². The van der Waals surface area contributed by atoms with Crippen molar-refractivity contribution in [1.29, 1.82) is 0 Å². The average molecular weight is 551 g/mol. The van der Waals surface area contributed by atoms with Crippen LogP contribution in [0.1, 0.15) is 39.0 Å². The second kappa shape index (κ2) is 11.4. The summed E-state index contributed by atoms with van der Waals surface area (Å²) in [7, 11) is 1.60. The number of halogens is 1. The second-order valence-corrected chi connectivity index (χ2v) is 10.3. The van der Waals surface area contributed by atoms with Crippen molar-refractivity contribution < 1.29 is 18.7 Å². The van der Waals surface area contributed by atoms with Crippen LogP contribution in [0.25, 0.3) is 0 Å². The van der Waals surface area contributed by atoms with Crippen molar-refractivity contribution in [3.63, 3.8) is 0 Å². The van der Waals surface area contributed by atoms with E-state index in [1.807, 2.05) is 65.6 Å². The van der Waals surface area contributed by atoms with Gasteiger partial charge in [0, 0.05) is 44.5 Å². The lowest BCUT2D eigenvalue weighted by atomic mass is 9.78. The van der Waals surface area contributed by atoms with E-state index in [4.69, 9.17) is 4.74 Å².